The van der Waals surface area contributed by atoms with Gasteiger partial charge >= 0.3 is 0 Å². The average Bonchev–Trinajstić information content (AvgIpc) is 2.58. The largest absolute Gasteiger partial charge is 0.396 e. The average molecular weight is 259 g/mol. The van der Waals surface area contributed by atoms with Crippen molar-refractivity contribution in [2.24, 2.45) is 0 Å². The number of rotatable bonds is 3. The van der Waals surface area contributed by atoms with Crippen LogP contribution in [-0.4, -0.2) is 28.6 Å². The maximum absolute atomic E-state index is 12.0. The first-order valence-electron chi connectivity index (χ1n) is 5.30. The van der Waals surface area contributed by atoms with Crippen LogP contribution in [0.25, 0.3) is 0 Å². The number of aromatic nitrogens is 2. The Morgan fingerprint density at radius 3 is 2.29 bits per heavy atom. The van der Waals surface area contributed by atoms with E-state index in [4.69, 9.17) is 5.73 Å². The van der Waals surface area contributed by atoms with Crippen LogP contribution in [0.2, 0.25) is 0 Å². The normalized spacial score (nSPS) is 12.4. The van der Waals surface area contributed by atoms with Crippen LogP contribution in [-0.2, 0) is 9.84 Å². The van der Waals surface area contributed by atoms with Gasteiger partial charge in [0.15, 0.2) is 0 Å². The quantitative estimate of drug-likeness (QED) is 0.874. The maximum atomic E-state index is 12.0. The van der Waals surface area contributed by atoms with Gasteiger partial charge in [-0.1, -0.05) is 0 Å². The first kappa shape index (κ1) is 13.7. The van der Waals surface area contributed by atoms with Gasteiger partial charge in [-0.15, -0.1) is 0 Å². The number of carbonyl (C=O) groups is 1. The molecule has 6 nitrogen and oxygen atoms in total. The summed E-state index contributed by atoms with van der Waals surface area (Å²) < 4.78 is 25.0. The second-order valence-electron chi connectivity index (χ2n) is 4.37. The van der Waals surface area contributed by atoms with E-state index in [0.29, 0.717) is 0 Å². The van der Waals surface area contributed by atoms with E-state index in [0.717, 1.165) is 0 Å². The van der Waals surface area contributed by atoms with Crippen LogP contribution in [0.3, 0.4) is 0 Å². The summed E-state index contributed by atoms with van der Waals surface area (Å²) >= 11 is 0. The highest BCUT2D eigenvalue weighted by Gasteiger charge is 2.32. The lowest BCUT2D eigenvalue weighted by Crippen LogP contribution is -2.27. The molecular formula is C10H17N3O3S. The molecule has 0 unspecified atom stereocenters. The van der Waals surface area contributed by atoms with E-state index in [1.165, 1.54) is 24.7 Å². The summed E-state index contributed by atoms with van der Waals surface area (Å²) in [5.74, 6) is 0. The van der Waals surface area contributed by atoms with Crippen LogP contribution in [0.5, 0.6) is 0 Å². The lowest BCUT2D eigenvalue weighted by molar-refractivity contribution is 0.106. The van der Waals surface area contributed by atoms with E-state index in [9.17, 15) is 13.2 Å². The van der Waals surface area contributed by atoms with Gasteiger partial charge < -0.3 is 5.73 Å². The van der Waals surface area contributed by atoms with E-state index in [1.807, 2.05) is 0 Å². The van der Waals surface area contributed by atoms with Crippen molar-refractivity contribution in [3.05, 3.63) is 11.9 Å². The van der Waals surface area contributed by atoms with Crippen molar-refractivity contribution in [3.8, 4) is 0 Å². The van der Waals surface area contributed by atoms with Crippen LogP contribution in [0, 0.1) is 0 Å². The number of hydrogen-bond donors (Lipinski definition) is 1. The van der Waals surface area contributed by atoms with Gasteiger partial charge in [0.2, 0.25) is 9.84 Å². The molecule has 17 heavy (non-hydrogen) atoms. The third-order valence-electron chi connectivity index (χ3n) is 2.39. The van der Waals surface area contributed by atoms with Crippen molar-refractivity contribution in [2.75, 3.05) is 5.73 Å². The van der Waals surface area contributed by atoms with Crippen LogP contribution < -0.4 is 5.73 Å². The summed E-state index contributed by atoms with van der Waals surface area (Å²) in [4.78, 5) is 12.0. The van der Waals surface area contributed by atoms with Gasteiger partial charge in [-0.3, -0.25) is 9.48 Å². The molecule has 1 rings (SSSR count). The molecule has 1 aromatic heterocycles. The Bertz CT molecular complexity index is 529. The predicted octanol–water partition coefficient (Wildman–Crippen LogP) is 1.01. The highest BCUT2D eigenvalue weighted by atomic mass is 32.2. The third kappa shape index (κ3) is 2.33. The molecule has 7 heteroatoms. The summed E-state index contributed by atoms with van der Waals surface area (Å²) in [6, 6.07) is -0.131. The smallest absolute Gasteiger partial charge is 0.296 e. The molecule has 1 heterocycles. The van der Waals surface area contributed by atoms with Crippen LogP contribution >= 0.6 is 0 Å². The molecule has 0 fully saturated rings. The molecule has 0 bridgehead atoms. The van der Waals surface area contributed by atoms with Gasteiger partial charge in [0.25, 0.3) is 5.12 Å². The molecule has 0 aliphatic carbocycles. The highest BCUT2D eigenvalue weighted by Crippen LogP contribution is 2.20. The minimum atomic E-state index is -3.86. The van der Waals surface area contributed by atoms with Crippen molar-refractivity contribution in [1.82, 2.24) is 9.78 Å². The number of carbonyl (C=O) groups excluding carboxylic acids is 1. The molecule has 0 radical (unpaired) electrons. The lowest BCUT2D eigenvalue weighted by Gasteiger charge is -2.12. The summed E-state index contributed by atoms with van der Waals surface area (Å²) in [7, 11) is -3.86. The Kier molecular flexibility index (Phi) is 3.61. The summed E-state index contributed by atoms with van der Waals surface area (Å²) in [5.41, 5.74) is 5.65. The minimum Gasteiger partial charge on any atom is -0.396 e. The van der Waals surface area contributed by atoms with Crippen molar-refractivity contribution >= 4 is 20.6 Å². The zero-order valence-electron chi connectivity index (χ0n) is 10.3. The summed E-state index contributed by atoms with van der Waals surface area (Å²) in [6.45, 7) is 6.51. The van der Waals surface area contributed by atoms with E-state index in [1.54, 1.807) is 13.8 Å². The molecule has 0 aliphatic heterocycles. The van der Waals surface area contributed by atoms with E-state index >= 15 is 0 Å². The van der Waals surface area contributed by atoms with E-state index < -0.39 is 20.2 Å². The molecule has 1 aromatic rings. The molecule has 0 spiro atoms. The van der Waals surface area contributed by atoms with Crippen LogP contribution in [0.15, 0.2) is 6.20 Å². The van der Waals surface area contributed by atoms with Crippen molar-refractivity contribution in [3.63, 3.8) is 0 Å². The first-order valence-corrected chi connectivity index (χ1v) is 6.85. The molecule has 0 saturated carbocycles. The topological polar surface area (TPSA) is 95.1 Å². The number of hydrogen-bond acceptors (Lipinski definition) is 5. The first-order chi connectivity index (χ1) is 7.69. The Balaban J connectivity index is 3.36. The fourth-order valence-corrected chi connectivity index (χ4v) is 2.24. The monoisotopic (exact) mass is 259 g/mol. The second-order valence-corrected chi connectivity index (χ2v) is 6.77. The molecular weight excluding hydrogens is 242 g/mol. The van der Waals surface area contributed by atoms with Gasteiger partial charge in [0.05, 0.1) is 17.1 Å². The van der Waals surface area contributed by atoms with E-state index in [-0.39, 0.29) is 17.4 Å². The predicted molar refractivity (Wildman–Crippen MR) is 65.4 cm³/mol. The molecule has 0 atom stereocenters. The van der Waals surface area contributed by atoms with E-state index in [2.05, 4.69) is 5.10 Å². The Morgan fingerprint density at radius 1 is 1.35 bits per heavy atom. The van der Waals surface area contributed by atoms with Gasteiger partial charge in [-0.05, 0) is 27.7 Å². The highest BCUT2D eigenvalue weighted by molar-refractivity contribution is 8.07. The van der Waals surface area contributed by atoms with Crippen molar-refractivity contribution in [2.45, 2.75) is 39.0 Å². The minimum absolute atomic E-state index is 0.0475. The zero-order valence-corrected chi connectivity index (χ0v) is 11.2. The number of anilines is 1. The molecule has 0 aromatic carbocycles. The Hall–Kier alpha value is -1.37. The number of nitrogen functional groups attached to an aromatic ring is 1. The Morgan fingerprint density at radius 2 is 1.88 bits per heavy atom. The summed E-state index contributed by atoms with van der Waals surface area (Å²) in [5, 5.41) is 2.18. The van der Waals surface area contributed by atoms with Gasteiger partial charge in [-0.2, -0.15) is 5.10 Å². The molecule has 0 saturated heterocycles. The van der Waals surface area contributed by atoms with Gasteiger partial charge in [0.1, 0.15) is 5.69 Å². The lowest BCUT2D eigenvalue weighted by atomic mass is 10.3. The number of nitrogens with two attached hydrogens (primary N) is 1. The van der Waals surface area contributed by atoms with Crippen LogP contribution in [0.1, 0.15) is 44.2 Å². The van der Waals surface area contributed by atoms with Crippen molar-refractivity contribution < 1.29 is 13.2 Å². The number of sulfone groups is 1. The fraction of sp³-hybridized carbons (Fsp3) is 0.600. The maximum Gasteiger partial charge on any atom is 0.296 e. The van der Waals surface area contributed by atoms with Gasteiger partial charge in [-0.25, -0.2) is 8.42 Å². The zero-order chi connectivity index (χ0) is 13.4. The van der Waals surface area contributed by atoms with Gasteiger partial charge in [0, 0.05) is 6.04 Å². The van der Waals surface area contributed by atoms with Crippen molar-refractivity contribution in [1.29, 1.82) is 0 Å². The van der Waals surface area contributed by atoms with Crippen LogP contribution in [0.4, 0.5) is 5.69 Å². The second kappa shape index (κ2) is 4.48. The standard InChI is InChI=1S/C10H17N3O3S/c1-6(2)13-9(8(11)5-12-13)10(14)17(15,16)7(3)4/h5-7H,11H2,1-4H3. The molecule has 96 valence electrons. The summed E-state index contributed by atoms with van der Waals surface area (Å²) in [6.07, 6.45) is 1.29. The molecule has 2 N–H and O–H groups in total. The third-order valence-corrected chi connectivity index (χ3v) is 4.34. The Labute approximate surface area is 101 Å². The molecule has 0 aliphatic rings. The molecule has 0 amide bonds. The number of nitrogens with zero attached hydrogens (tertiary/aromatic N) is 2. The SMILES string of the molecule is CC(C)n1ncc(N)c1C(=O)S(=O)(=O)C(C)C. The fourth-order valence-electron chi connectivity index (χ4n) is 1.33.